The van der Waals surface area contributed by atoms with Crippen LogP contribution in [0.25, 0.3) is 0 Å². The van der Waals surface area contributed by atoms with E-state index in [0.29, 0.717) is 17.9 Å². The summed E-state index contributed by atoms with van der Waals surface area (Å²) in [6, 6.07) is 4.21. The Kier molecular flexibility index (Phi) is 5.38. The van der Waals surface area contributed by atoms with E-state index in [1.54, 1.807) is 13.0 Å². The molecule has 0 radical (unpaired) electrons. The Morgan fingerprint density at radius 1 is 1.41 bits per heavy atom. The topological polar surface area (TPSA) is 32.7 Å². The highest BCUT2D eigenvalue weighted by atomic mass is 19.1. The normalized spacial score (nSPS) is 12.8. The highest BCUT2D eigenvalue weighted by molar-refractivity contribution is 5.35. The Morgan fingerprint density at radius 2 is 2.12 bits per heavy atom. The number of hydrogen-bond donors (Lipinski definition) is 1. The predicted octanol–water partition coefficient (Wildman–Crippen LogP) is 2.21. The average Bonchev–Trinajstić information content (AvgIpc) is 2.25. The Balaban J connectivity index is 2.58. The first-order chi connectivity index (χ1) is 8.00. The van der Waals surface area contributed by atoms with Crippen LogP contribution < -0.4 is 4.74 Å². The van der Waals surface area contributed by atoms with Gasteiger partial charge in [0, 0.05) is 12.1 Å². The molecular weight excluding hydrogens is 221 g/mol. The zero-order valence-electron chi connectivity index (χ0n) is 10.6. The van der Waals surface area contributed by atoms with Crippen LogP contribution in [0.1, 0.15) is 25.0 Å². The molecular formula is C13H20FNO2. The highest BCUT2D eigenvalue weighted by Crippen LogP contribution is 2.25. The molecule has 0 unspecified atom stereocenters. The van der Waals surface area contributed by atoms with Gasteiger partial charge in [-0.25, -0.2) is 4.39 Å². The third-order valence-corrected chi connectivity index (χ3v) is 2.43. The Hall–Kier alpha value is -1.13. The van der Waals surface area contributed by atoms with E-state index >= 15 is 0 Å². The first kappa shape index (κ1) is 13.9. The van der Waals surface area contributed by atoms with Gasteiger partial charge in [-0.05, 0) is 45.6 Å². The summed E-state index contributed by atoms with van der Waals surface area (Å²) in [7, 11) is 4.00. The smallest absolute Gasteiger partial charge is 0.125 e. The van der Waals surface area contributed by atoms with E-state index in [0.717, 1.165) is 13.0 Å². The summed E-state index contributed by atoms with van der Waals surface area (Å²) in [5.41, 5.74) is 0.495. The Bertz CT molecular complexity index is 353. The van der Waals surface area contributed by atoms with Crippen LogP contribution >= 0.6 is 0 Å². The number of aliphatic hydroxyl groups excluding tert-OH is 1. The van der Waals surface area contributed by atoms with Crippen molar-refractivity contribution in [1.29, 1.82) is 0 Å². The van der Waals surface area contributed by atoms with Gasteiger partial charge in [0.25, 0.3) is 0 Å². The quantitative estimate of drug-likeness (QED) is 0.775. The lowest BCUT2D eigenvalue weighted by molar-refractivity contribution is 0.189. The van der Waals surface area contributed by atoms with Crippen LogP contribution in [0, 0.1) is 5.82 Å². The highest BCUT2D eigenvalue weighted by Gasteiger charge is 2.10. The van der Waals surface area contributed by atoms with E-state index in [-0.39, 0.29) is 5.82 Å². The molecule has 0 bridgehead atoms. The molecule has 0 aliphatic rings. The van der Waals surface area contributed by atoms with Crippen LogP contribution in [0.15, 0.2) is 18.2 Å². The summed E-state index contributed by atoms with van der Waals surface area (Å²) in [5, 5.41) is 9.52. The largest absolute Gasteiger partial charge is 0.493 e. The van der Waals surface area contributed by atoms with E-state index < -0.39 is 6.10 Å². The van der Waals surface area contributed by atoms with E-state index in [1.165, 1.54) is 12.1 Å². The molecule has 4 heteroatoms. The molecule has 0 saturated heterocycles. The van der Waals surface area contributed by atoms with Gasteiger partial charge >= 0.3 is 0 Å². The fraction of sp³-hybridized carbons (Fsp3) is 0.538. The minimum Gasteiger partial charge on any atom is -0.493 e. The van der Waals surface area contributed by atoms with Crippen LogP contribution in [-0.4, -0.2) is 37.3 Å². The first-order valence-electron chi connectivity index (χ1n) is 5.75. The van der Waals surface area contributed by atoms with Gasteiger partial charge < -0.3 is 14.7 Å². The molecule has 0 fully saturated rings. The molecule has 0 aromatic heterocycles. The maximum absolute atomic E-state index is 13.0. The van der Waals surface area contributed by atoms with Crippen molar-refractivity contribution in [1.82, 2.24) is 4.90 Å². The van der Waals surface area contributed by atoms with Crippen molar-refractivity contribution >= 4 is 0 Å². The first-order valence-corrected chi connectivity index (χ1v) is 5.75. The van der Waals surface area contributed by atoms with Crippen molar-refractivity contribution in [2.45, 2.75) is 19.4 Å². The zero-order chi connectivity index (χ0) is 12.8. The van der Waals surface area contributed by atoms with Crippen molar-refractivity contribution in [3.63, 3.8) is 0 Å². The second kappa shape index (κ2) is 6.57. The molecule has 0 heterocycles. The average molecular weight is 241 g/mol. The number of rotatable bonds is 6. The Morgan fingerprint density at radius 3 is 2.71 bits per heavy atom. The molecule has 17 heavy (non-hydrogen) atoms. The monoisotopic (exact) mass is 241 g/mol. The summed E-state index contributed by atoms with van der Waals surface area (Å²) < 4.78 is 18.6. The summed E-state index contributed by atoms with van der Waals surface area (Å²) in [4.78, 5) is 2.07. The Labute approximate surface area is 102 Å². The number of halogens is 1. The zero-order valence-corrected chi connectivity index (χ0v) is 10.6. The van der Waals surface area contributed by atoms with Crippen molar-refractivity contribution in [3.05, 3.63) is 29.6 Å². The van der Waals surface area contributed by atoms with Crippen molar-refractivity contribution < 1.29 is 14.2 Å². The number of hydrogen-bond acceptors (Lipinski definition) is 3. The lowest BCUT2D eigenvalue weighted by Crippen LogP contribution is -2.15. The van der Waals surface area contributed by atoms with Gasteiger partial charge in [-0.15, -0.1) is 0 Å². The molecule has 1 atom stereocenters. The maximum Gasteiger partial charge on any atom is 0.125 e. The SMILES string of the molecule is C[C@H](O)c1cc(F)ccc1OCCCN(C)C. The predicted molar refractivity (Wildman–Crippen MR) is 65.7 cm³/mol. The van der Waals surface area contributed by atoms with Gasteiger partial charge in [-0.1, -0.05) is 0 Å². The number of aliphatic hydroxyl groups is 1. The fourth-order valence-corrected chi connectivity index (χ4v) is 1.54. The maximum atomic E-state index is 13.0. The lowest BCUT2D eigenvalue weighted by Gasteiger charge is -2.14. The molecule has 0 aliphatic carbocycles. The molecule has 0 spiro atoms. The van der Waals surface area contributed by atoms with Crippen molar-refractivity contribution in [3.8, 4) is 5.75 Å². The van der Waals surface area contributed by atoms with Gasteiger partial charge in [0.1, 0.15) is 11.6 Å². The molecule has 1 aromatic carbocycles. The van der Waals surface area contributed by atoms with E-state index in [1.807, 2.05) is 14.1 Å². The van der Waals surface area contributed by atoms with Gasteiger partial charge in [0.15, 0.2) is 0 Å². The minimum absolute atomic E-state index is 0.360. The standard InChI is InChI=1S/C13H20FNO2/c1-10(16)12-9-11(14)5-6-13(12)17-8-4-7-15(2)3/h5-6,9-10,16H,4,7-8H2,1-3H3/t10-/m0/s1. The van der Waals surface area contributed by atoms with Crippen LogP contribution in [-0.2, 0) is 0 Å². The summed E-state index contributed by atoms with van der Waals surface area (Å²) in [6.07, 6.45) is 0.165. The molecule has 1 N–H and O–H groups in total. The van der Waals surface area contributed by atoms with Crippen LogP contribution in [0.4, 0.5) is 4.39 Å². The van der Waals surface area contributed by atoms with Crippen LogP contribution in [0.3, 0.4) is 0 Å². The van der Waals surface area contributed by atoms with E-state index in [4.69, 9.17) is 4.74 Å². The summed E-state index contributed by atoms with van der Waals surface area (Å²) in [5.74, 6) is 0.196. The van der Waals surface area contributed by atoms with Crippen molar-refractivity contribution in [2.24, 2.45) is 0 Å². The van der Waals surface area contributed by atoms with Gasteiger partial charge in [0.05, 0.1) is 12.7 Å². The van der Waals surface area contributed by atoms with Crippen LogP contribution in [0.2, 0.25) is 0 Å². The second-order valence-corrected chi connectivity index (χ2v) is 4.36. The van der Waals surface area contributed by atoms with Gasteiger partial charge in [-0.2, -0.15) is 0 Å². The number of ether oxygens (including phenoxy) is 1. The van der Waals surface area contributed by atoms with Crippen molar-refractivity contribution in [2.75, 3.05) is 27.2 Å². The number of nitrogens with zero attached hydrogens (tertiary/aromatic N) is 1. The minimum atomic E-state index is -0.727. The molecule has 3 nitrogen and oxygen atoms in total. The summed E-state index contributed by atoms with van der Waals surface area (Å²) in [6.45, 7) is 3.09. The molecule has 96 valence electrons. The third-order valence-electron chi connectivity index (χ3n) is 2.43. The fourth-order valence-electron chi connectivity index (χ4n) is 1.54. The summed E-state index contributed by atoms with van der Waals surface area (Å²) >= 11 is 0. The van der Waals surface area contributed by atoms with Gasteiger partial charge in [0.2, 0.25) is 0 Å². The van der Waals surface area contributed by atoms with E-state index in [9.17, 15) is 9.50 Å². The molecule has 0 aliphatic heterocycles. The second-order valence-electron chi connectivity index (χ2n) is 4.36. The molecule has 0 amide bonds. The lowest BCUT2D eigenvalue weighted by atomic mass is 10.1. The number of benzene rings is 1. The van der Waals surface area contributed by atoms with Gasteiger partial charge in [-0.3, -0.25) is 0 Å². The molecule has 0 saturated carbocycles. The third kappa shape index (κ3) is 4.71. The molecule has 1 aromatic rings. The molecule has 1 rings (SSSR count). The van der Waals surface area contributed by atoms with Crippen LogP contribution in [0.5, 0.6) is 5.75 Å². The van der Waals surface area contributed by atoms with E-state index in [2.05, 4.69) is 4.90 Å².